The fourth-order valence-corrected chi connectivity index (χ4v) is 3.37. The molecule has 0 amide bonds. The van der Waals surface area contributed by atoms with Crippen LogP contribution in [-0.4, -0.2) is 28.2 Å². The lowest BCUT2D eigenvalue weighted by Crippen LogP contribution is -2.37. The SMILES string of the molecule is COc1ccc(F)cc1S(=O)(=O)N[C@@H](C)COc1ccccc1. The molecule has 0 bridgehead atoms. The van der Waals surface area contributed by atoms with Crippen LogP contribution < -0.4 is 14.2 Å². The number of nitrogens with one attached hydrogen (secondary N) is 1. The summed E-state index contributed by atoms with van der Waals surface area (Å²) in [4.78, 5) is -0.244. The number of halogens is 1. The van der Waals surface area contributed by atoms with Gasteiger partial charge in [-0.05, 0) is 37.3 Å². The summed E-state index contributed by atoms with van der Waals surface area (Å²) in [6, 6.07) is 11.9. The van der Waals surface area contributed by atoms with Gasteiger partial charge in [-0.15, -0.1) is 0 Å². The predicted molar refractivity (Wildman–Crippen MR) is 84.7 cm³/mol. The summed E-state index contributed by atoms with van der Waals surface area (Å²) in [7, 11) is -2.60. The van der Waals surface area contributed by atoms with E-state index in [9.17, 15) is 12.8 Å². The Bertz CT molecular complexity index is 750. The Morgan fingerprint density at radius 3 is 2.52 bits per heavy atom. The number of rotatable bonds is 7. The average molecular weight is 339 g/mol. The molecular weight excluding hydrogens is 321 g/mol. The summed E-state index contributed by atoms with van der Waals surface area (Å²) >= 11 is 0. The highest BCUT2D eigenvalue weighted by Gasteiger charge is 2.22. The van der Waals surface area contributed by atoms with Crippen molar-refractivity contribution in [3.63, 3.8) is 0 Å². The fraction of sp³-hybridized carbons (Fsp3) is 0.250. The highest BCUT2D eigenvalue weighted by molar-refractivity contribution is 7.89. The molecule has 7 heteroatoms. The summed E-state index contributed by atoms with van der Waals surface area (Å²) in [6.07, 6.45) is 0. The molecule has 0 heterocycles. The van der Waals surface area contributed by atoms with Crippen molar-refractivity contribution in [3.8, 4) is 11.5 Å². The molecule has 23 heavy (non-hydrogen) atoms. The molecular formula is C16H18FNO4S. The minimum absolute atomic E-state index is 0.0788. The lowest BCUT2D eigenvalue weighted by Gasteiger charge is -2.16. The average Bonchev–Trinajstić information content (AvgIpc) is 2.53. The van der Waals surface area contributed by atoms with E-state index in [0.29, 0.717) is 5.75 Å². The second-order valence-electron chi connectivity index (χ2n) is 4.94. The molecule has 0 radical (unpaired) electrons. The van der Waals surface area contributed by atoms with Crippen LogP contribution in [0.15, 0.2) is 53.4 Å². The van der Waals surface area contributed by atoms with E-state index in [4.69, 9.17) is 9.47 Å². The van der Waals surface area contributed by atoms with Gasteiger partial charge in [-0.1, -0.05) is 18.2 Å². The standard InChI is InChI=1S/C16H18FNO4S/c1-12(11-22-14-6-4-3-5-7-14)18-23(19,20)16-10-13(17)8-9-15(16)21-2/h3-10,12,18H,11H2,1-2H3/t12-/m0/s1. The summed E-state index contributed by atoms with van der Waals surface area (Å²) < 4.78 is 51.0. The van der Waals surface area contributed by atoms with Crippen molar-refractivity contribution < 1.29 is 22.3 Å². The number of para-hydroxylation sites is 1. The van der Waals surface area contributed by atoms with Crippen LogP contribution in [0.1, 0.15) is 6.92 Å². The zero-order valence-corrected chi connectivity index (χ0v) is 13.6. The topological polar surface area (TPSA) is 64.6 Å². The minimum Gasteiger partial charge on any atom is -0.495 e. The first-order valence-corrected chi connectivity index (χ1v) is 8.44. The van der Waals surface area contributed by atoms with Crippen LogP contribution in [0.25, 0.3) is 0 Å². The summed E-state index contributed by atoms with van der Waals surface area (Å²) in [5, 5.41) is 0. The smallest absolute Gasteiger partial charge is 0.244 e. The van der Waals surface area contributed by atoms with E-state index in [1.54, 1.807) is 19.1 Å². The number of ether oxygens (including phenoxy) is 2. The van der Waals surface area contributed by atoms with Gasteiger partial charge in [0.1, 0.15) is 28.8 Å². The molecule has 0 spiro atoms. The van der Waals surface area contributed by atoms with Gasteiger partial charge >= 0.3 is 0 Å². The van der Waals surface area contributed by atoms with Gasteiger partial charge < -0.3 is 9.47 Å². The van der Waals surface area contributed by atoms with Gasteiger partial charge in [0.25, 0.3) is 0 Å². The normalized spacial score (nSPS) is 12.7. The molecule has 0 saturated heterocycles. The van der Waals surface area contributed by atoms with Crippen molar-refractivity contribution in [2.75, 3.05) is 13.7 Å². The lowest BCUT2D eigenvalue weighted by molar-refractivity contribution is 0.287. The first-order valence-electron chi connectivity index (χ1n) is 6.96. The molecule has 0 aliphatic rings. The highest BCUT2D eigenvalue weighted by atomic mass is 32.2. The zero-order chi connectivity index (χ0) is 16.9. The second-order valence-corrected chi connectivity index (χ2v) is 6.62. The van der Waals surface area contributed by atoms with Crippen LogP contribution in [0.4, 0.5) is 4.39 Å². The van der Waals surface area contributed by atoms with Crippen molar-refractivity contribution in [2.24, 2.45) is 0 Å². The molecule has 0 aliphatic carbocycles. The molecule has 2 rings (SSSR count). The first kappa shape index (κ1) is 17.2. The molecule has 124 valence electrons. The Kier molecular flexibility index (Phi) is 5.57. The summed E-state index contributed by atoms with van der Waals surface area (Å²) in [6.45, 7) is 1.80. The van der Waals surface area contributed by atoms with Gasteiger partial charge in [-0.2, -0.15) is 0 Å². The van der Waals surface area contributed by atoms with E-state index >= 15 is 0 Å². The lowest BCUT2D eigenvalue weighted by atomic mass is 10.3. The third kappa shape index (κ3) is 4.67. The molecule has 1 atom stereocenters. The van der Waals surface area contributed by atoms with Gasteiger partial charge in [0, 0.05) is 0 Å². The highest BCUT2D eigenvalue weighted by Crippen LogP contribution is 2.24. The van der Waals surface area contributed by atoms with E-state index < -0.39 is 21.9 Å². The van der Waals surface area contributed by atoms with Crippen LogP contribution in [0, 0.1) is 5.82 Å². The fourth-order valence-electron chi connectivity index (χ4n) is 1.96. The summed E-state index contributed by atoms with van der Waals surface area (Å²) in [5.74, 6) is 0.0660. The zero-order valence-electron chi connectivity index (χ0n) is 12.8. The quantitative estimate of drug-likeness (QED) is 0.842. The number of benzene rings is 2. The van der Waals surface area contributed by atoms with Crippen LogP contribution in [0.5, 0.6) is 11.5 Å². The Hall–Kier alpha value is -2.12. The maximum atomic E-state index is 13.3. The molecule has 0 saturated carbocycles. The van der Waals surface area contributed by atoms with E-state index in [1.165, 1.54) is 13.2 Å². The van der Waals surface area contributed by atoms with E-state index in [1.807, 2.05) is 18.2 Å². The Labute approximate surface area is 135 Å². The second kappa shape index (κ2) is 7.43. The van der Waals surface area contributed by atoms with Gasteiger partial charge in [0.15, 0.2) is 0 Å². The number of methoxy groups -OCH3 is 1. The monoisotopic (exact) mass is 339 g/mol. The van der Waals surface area contributed by atoms with E-state index in [0.717, 1.165) is 12.1 Å². The predicted octanol–water partition coefficient (Wildman–Crippen LogP) is 2.58. The Balaban J connectivity index is 2.07. The number of hydrogen-bond acceptors (Lipinski definition) is 4. The molecule has 1 N–H and O–H groups in total. The third-order valence-corrected chi connectivity index (χ3v) is 4.63. The van der Waals surface area contributed by atoms with Crippen LogP contribution in [0.3, 0.4) is 0 Å². The first-order chi connectivity index (χ1) is 10.9. The number of sulfonamides is 1. The van der Waals surface area contributed by atoms with Gasteiger partial charge in [-0.25, -0.2) is 17.5 Å². The van der Waals surface area contributed by atoms with Gasteiger partial charge in [-0.3, -0.25) is 0 Å². The molecule has 0 unspecified atom stereocenters. The largest absolute Gasteiger partial charge is 0.495 e. The van der Waals surface area contributed by atoms with E-state index in [-0.39, 0.29) is 17.3 Å². The van der Waals surface area contributed by atoms with Crippen LogP contribution >= 0.6 is 0 Å². The number of hydrogen-bond donors (Lipinski definition) is 1. The van der Waals surface area contributed by atoms with Crippen molar-refractivity contribution in [3.05, 3.63) is 54.3 Å². The minimum atomic E-state index is -3.92. The van der Waals surface area contributed by atoms with Crippen molar-refractivity contribution in [1.82, 2.24) is 4.72 Å². The Morgan fingerprint density at radius 2 is 1.87 bits per heavy atom. The maximum Gasteiger partial charge on any atom is 0.244 e. The molecule has 5 nitrogen and oxygen atoms in total. The van der Waals surface area contributed by atoms with Crippen molar-refractivity contribution >= 4 is 10.0 Å². The summed E-state index contributed by atoms with van der Waals surface area (Å²) in [5.41, 5.74) is 0. The van der Waals surface area contributed by atoms with E-state index in [2.05, 4.69) is 4.72 Å². The molecule has 2 aromatic carbocycles. The maximum absolute atomic E-state index is 13.3. The molecule has 2 aromatic rings. The van der Waals surface area contributed by atoms with Crippen LogP contribution in [0.2, 0.25) is 0 Å². The molecule has 0 fully saturated rings. The van der Waals surface area contributed by atoms with Crippen LogP contribution in [-0.2, 0) is 10.0 Å². The van der Waals surface area contributed by atoms with Crippen molar-refractivity contribution in [1.29, 1.82) is 0 Å². The van der Waals surface area contributed by atoms with Crippen molar-refractivity contribution in [2.45, 2.75) is 17.9 Å². The molecule has 0 aliphatic heterocycles. The molecule has 0 aromatic heterocycles. The Morgan fingerprint density at radius 1 is 1.17 bits per heavy atom. The third-order valence-electron chi connectivity index (χ3n) is 3.01. The van der Waals surface area contributed by atoms with Gasteiger partial charge in [0.2, 0.25) is 10.0 Å². The van der Waals surface area contributed by atoms with Gasteiger partial charge in [0.05, 0.1) is 13.2 Å².